The van der Waals surface area contributed by atoms with E-state index in [1.807, 2.05) is 6.92 Å². The topological polar surface area (TPSA) is 20.3 Å². The van der Waals surface area contributed by atoms with E-state index in [1.54, 1.807) is 4.90 Å². The number of terminal acetylenes is 1. The predicted octanol–water partition coefficient (Wildman–Crippen LogP) is 2.83. The Morgan fingerprint density at radius 1 is 1.38 bits per heavy atom. The third-order valence-electron chi connectivity index (χ3n) is 3.51. The second kappa shape index (κ2) is 7.33. The van der Waals surface area contributed by atoms with Crippen molar-refractivity contribution in [3.8, 4) is 12.3 Å². The lowest BCUT2D eigenvalue weighted by Crippen LogP contribution is -2.31. The van der Waals surface area contributed by atoms with Gasteiger partial charge >= 0.3 is 0 Å². The number of hydrogen-bond donors (Lipinski definition) is 0. The Balaban J connectivity index is 2.24. The van der Waals surface area contributed by atoms with Crippen LogP contribution in [-0.4, -0.2) is 23.9 Å². The quantitative estimate of drug-likeness (QED) is 0.654. The van der Waals surface area contributed by atoms with Crippen LogP contribution in [0.15, 0.2) is 0 Å². The summed E-state index contributed by atoms with van der Waals surface area (Å²) in [4.78, 5) is 13.6. The van der Waals surface area contributed by atoms with Gasteiger partial charge in [-0.3, -0.25) is 4.79 Å². The molecular weight excluding hydrogens is 198 g/mol. The Labute approximate surface area is 99.4 Å². The summed E-state index contributed by atoms with van der Waals surface area (Å²) < 4.78 is 0. The number of rotatable bonds is 5. The van der Waals surface area contributed by atoms with Crippen molar-refractivity contribution in [2.45, 2.75) is 51.9 Å². The molecule has 2 heteroatoms. The van der Waals surface area contributed by atoms with Gasteiger partial charge in [0.1, 0.15) is 0 Å². The van der Waals surface area contributed by atoms with Crippen LogP contribution in [0.25, 0.3) is 0 Å². The van der Waals surface area contributed by atoms with Crippen LogP contribution in [-0.2, 0) is 4.79 Å². The molecule has 0 atom stereocenters. The molecule has 0 N–H and O–H groups in total. The minimum Gasteiger partial charge on any atom is -0.332 e. The smallest absolute Gasteiger partial charge is 0.223 e. The van der Waals surface area contributed by atoms with Crippen molar-refractivity contribution in [2.24, 2.45) is 5.92 Å². The zero-order valence-corrected chi connectivity index (χ0v) is 10.4. The first-order chi connectivity index (χ1) is 7.77. The van der Waals surface area contributed by atoms with Crippen LogP contribution < -0.4 is 0 Å². The van der Waals surface area contributed by atoms with Gasteiger partial charge < -0.3 is 4.90 Å². The zero-order valence-electron chi connectivity index (χ0n) is 10.4. The Bertz CT molecular complexity index is 248. The van der Waals surface area contributed by atoms with Gasteiger partial charge in [0.2, 0.25) is 5.91 Å². The Morgan fingerprint density at radius 3 is 2.62 bits per heavy atom. The normalized spacial score (nSPS) is 16.8. The molecule has 0 aliphatic heterocycles. The molecule has 16 heavy (non-hydrogen) atoms. The van der Waals surface area contributed by atoms with Crippen molar-refractivity contribution >= 4 is 5.91 Å². The summed E-state index contributed by atoms with van der Waals surface area (Å²) in [5, 5.41) is 0. The highest BCUT2D eigenvalue weighted by Gasteiger charge is 2.16. The van der Waals surface area contributed by atoms with E-state index in [9.17, 15) is 4.79 Å². The highest BCUT2D eigenvalue weighted by molar-refractivity contribution is 5.76. The lowest BCUT2D eigenvalue weighted by atomic mass is 9.86. The van der Waals surface area contributed by atoms with Gasteiger partial charge in [0.25, 0.3) is 0 Å². The maximum atomic E-state index is 11.8. The van der Waals surface area contributed by atoms with E-state index in [0.29, 0.717) is 13.0 Å². The second-order valence-corrected chi connectivity index (χ2v) is 4.65. The number of hydrogen-bond acceptors (Lipinski definition) is 1. The standard InChI is InChI=1S/C14H23NO/c1-3-12-15(4-2)14(16)11-10-13-8-6-5-7-9-13/h1,13H,4-12H2,2H3. The lowest BCUT2D eigenvalue weighted by Gasteiger charge is -2.23. The Kier molecular flexibility index (Phi) is 6.00. The number of carbonyl (C=O) groups is 1. The molecule has 1 amide bonds. The van der Waals surface area contributed by atoms with Crippen LogP contribution in [0, 0.1) is 18.3 Å². The molecule has 0 unspecified atom stereocenters. The van der Waals surface area contributed by atoms with E-state index < -0.39 is 0 Å². The van der Waals surface area contributed by atoms with Gasteiger partial charge in [-0.25, -0.2) is 0 Å². The van der Waals surface area contributed by atoms with Crippen LogP contribution in [0.4, 0.5) is 0 Å². The fourth-order valence-corrected chi connectivity index (χ4v) is 2.45. The summed E-state index contributed by atoms with van der Waals surface area (Å²) in [6, 6.07) is 0. The molecule has 1 fully saturated rings. The third-order valence-corrected chi connectivity index (χ3v) is 3.51. The molecule has 1 rings (SSSR count). The monoisotopic (exact) mass is 221 g/mol. The van der Waals surface area contributed by atoms with Crippen molar-refractivity contribution in [1.29, 1.82) is 0 Å². The van der Waals surface area contributed by atoms with E-state index in [-0.39, 0.29) is 5.91 Å². The summed E-state index contributed by atoms with van der Waals surface area (Å²) in [6.45, 7) is 3.17. The van der Waals surface area contributed by atoms with E-state index in [4.69, 9.17) is 6.42 Å². The zero-order chi connectivity index (χ0) is 11.8. The molecular formula is C14H23NO. The maximum Gasteiger partial charge on any atom is 0.223 e. The van der Waals surface area contributed by atoms with E-state index in [2.05, 4.69) is 5.92 Å². The van der Waals surface area contributed by atoms with E-state index in [0.717, 1.165) is 18.9 Å². The third kappa shape index (κ3) is 4.26. The van der Waals surface area contributed by atoms with Crippen molar-refractivity contribution in [3.05, 3.63) is 0 Å². The van der Waals surface area contributed by atoms with Crippen LogP contribution in [0.3, 0.4) is 0 Å². The van der Waals surface area contributed by atoms with E-state index in [1.165, 1.54) is 32.1 Å². The molecule has 0 radical (unpaired) electrons. The second-order valence-electron chi connectivity index (χ2n) is 4.65. The minimum atomic E-state index is 0.228. The first kappa shape index (κ1) is 13.1. The summed E-state index contributed by atoms with van der Waals surface area (Å²) in [5.41, 5.74) is 0. The van der Waals surface area contributed by atoms with Gasteiger partial charge in [-0.2, -0.15) is 0 Å². The van der Waals surface area contributed by atoms with Crippen LogP contribution in [0.1, 0.15) is 51.9 Å². The lowest BCUT2D eigenvalue weighted by molar-refractivity contribution is -0.130. The van der Waals surface area contributed by atoms with Crippen LogP contribution in [0.2, 0.25) is 0 Å². The molecule has 2 nitrogen and oxygen atoms in total. The van der Waals surface area contributed by atoms with Gasteiger partial charge in [-0.15, -0.1) is 6.42 Å². The molecule has 1 aliphatic carbocycles. The van der Waals surface area contributed by atoms with Gasteiger partial charge in [-0.1, -0.05) is 38.0 Å². The van der Waals surface area contributed by atoms with Crippen molar-refractivity contribution in [2.75, 3.05) is 13.1 Å². The largest absolute Gasteiger partial charge is 0.332 e. The molecule has 0 bridgehead atoms. The SMILES string of the molecule is C#CCN(CC)C(=O)CCC1CCCCC1. The fraction of sp³-hybridized carbons (Fsp3) is 0.786. The molecule has 90 valence electrons. The molecule has 0 aromatic carbocycles. The number of amides is 1. The van der Waals surface area contributed by atoms with Gasteiger partial charge in [-0.05, 0) is 19.3 Å². The van der Waals surface area contributed by atoms with Crippen LogP contribution >= 0.6 is 0 Å². The molecule has 1 aliphatic rings. The highest BCUT2D eigenvalue weighted by Crippen LogP contribution is 2.27. The minimum absolute atomic E-state index is 0.228. The average Bonchev–Trinajstić information content (AvgIpc) is 2.34. The summed E-state index contributed by atoms with van der Waals surface area (Å²) in [6.07, 6.45) is 13.7. The first-order valence-electron chi connectivity index (χ1n) is 6.49. The van der Waals surface area contributed by atoms with Crippen molar-refractivity contribution in [1.82, 2.24) is 4.90 Å². The number of carbonyl (C=O) groups excluding carboxylic acids is 1. The predicted molar refractivity (Wildman–Crippen MR) is 66.9 cm³/mol. The maximum absolute atomic E-state index is 11.8. The van der Waals surface area contributed by atoms with Crippen molar-refractivity contribution < 1.29 is 4.79 Å². The van der Waals surface area contributed by atoms with Gasteiger partial charge in [0, 0.05) is 13.0 Å². The van der Waals surface area contributed by atoms with Gasteiger partial charge in [0.15, 0.2) is 0 Å². The summed E-state index contributed by atoms with van der Waals surface area (Å²) >= 11 is 0. The molecule has 0 heterocycles. The summed E-state index contributed by atoms with van der Waals surface area (Å²) in [5.74, 6) is 3.55. The summed E-state index contributed by atoms with van der Waals surface area (Å²) in [7, 11) is 0. The van der Waals surface area contributed by atoms with E-state index >= 15 is 0 Å². The average molecular weight is 221 g/mol. The fourth-order valence-electron chi connectivity index (χ4n) is 2.45. The molecule has 0 spiro atoms. The Hall–Kier alpha value is -0.970. The molecule has 0 saturated heterocycles. The molecule has 0 aromatic rings. The van der Waals surface area contributed by atoms with Crippen molar-refractivity contribution in [3.63, 3.8) is 0 Å². The molecule has 1 saturated carbocycles. The highest BCUT2D eigenvalue weighted by atomic mass is 16.2. The van der Waals surface area contributed by atoms with Crippen LogP contribution in [0.5, 0.6) is 0 Å². The first-order valence-corrected chi connectivity index (χ1v) is 6.49. The van der Waals surface area contributed by atoms with Gasteiger partial charge in [0.05, 0.1) is 6.54 Å². The Morgan fingerprint density at radius 2 is 2.06 bits per heavy atom. The molecule has 0 aromatic heterocycles. The number of nitrogens with zero attached hydrogens (tertiary/aromatic N) is 1.